The molecular weight excluding hydrogens is 716 g/mol. The summed E-state index contributed by atoms with van der Waals surface area (Å²) in [6.07, 6.45) is 8.35. The quantitative estimate of drug-likeness (QED) is 0.0601. The Hall–Kier alpha value is -2.77. The van der Waals surface area contributed by atoms with Gasteiger partial charge in [0, 0.05) is 47.1 Å². The van der Waals surface area contributed by atoms with Crippen LogP contribution in [0, 0.1) is 0 Å². The molecule has 1 aromatic heterocycles. The zero-order valence-electron chi connectivity index (χ0n) is 24.3. The molecule has 4 rings (SSSR count). The van der Waals surface area contributed by atoms with Crippen molar-refractivity contribution in [2.45, 2.75) is 37.1 Å². The number of hydrogen-bond acceptors (Lipinski definition) is 5. The average Bonchev–Trinajstić information content (AvgIpc) is 3.46. The summed E-state index contributed by atoms with van der Waals surface area (Å²) in [5.74, 6) is -0.302. The molecule has 0 fully saturated rings. The second kappa shape index (κ2) is 15.0. The average molecular weight is 748 g/mol. The number of nitrogens with zero attached hydrogens (tertiary/aromatic N) is 2. The van der Waals surface area contributed by atoms with E-state index in [0.29, 0.717) is 23.1 Å². The Kier molecular flexibility index (Phi) is 12.3. The summed E-state index contributed by atoms with van der Waals surface area (Å²) in [5.41, 5.74) is 2.20. The van der Waals surface area contributed by atoms with Crippen molar-refractivity contribution >= 4 is 87.9 Å². The van der Waals surface area contributed by atoms with Gasteiger partial charge in [-0.1, -0.05) is 59.5 Å². The Morgan fingerprint density at radius 1 is 0.870 bits per heavy atom. The normalized spacial score (nSPS) is 15.0. The van der Waals surface area contributed by atoms with Crippen molar-refractivity contribution < 1.29 is 39.3 Å². The van der Waals surface area contributed by atoms with E-state index in [-0.39, 0.29) is 11.8 Å². The van der Waals surface area contributed by atoms with Gasteiger partial charge in [0.15, 0.2) is 6.54 Å². The van der Waals surface area contributed by atoms with Gasteiger partial charge in [-0.15, -0.1) is 0 Å². The maximum atomic E-state index is 11.5. The third kappa shape index (κ3) is 13.2. The van der Waals surface area contributed by atoms with Gasteiger partial charge in [0.25, 0.3) is 5.01 Å². The number of aromatic nitrogens is 1. The van der Waals surface area contributed by atoms with E-state index >= 15 is 0 Å². The predicted octanol–water partition coefficient (Wildman–Crippen LogP) is 9.95. The first-order valence-electron chi connectivity index (χ1n) is 13.8. The van der Waals surface area contributed by atoms with Crippen molar-refractivity contribution in [3.05, 3.63) is 81.8 Å². The predicted molar refractivity (Wildman–Crippen MR) is 178 cm³/mol. The van der Waals surface area contributed by atoms with Gasteiger partial charge in [-0.25, -0.2) is 0 Å². The van der Waals surface area contributed by atoms with Crippen molar-refractivity contribution in [2.24, 2.45) is 0 Å². The molecule has 0 aliphatic carbocycles. The summed E-state index contributed by atoms with van der Waals surface area (Å²) in [5, 5.41) is 9.36. The number of unbranched alkanes of at least 4 members (excludes halogenated alkanes) is 2. The minimum absolute atomic E-state index is 0.151. The zero-order chi connectivity index (χ0) is 34.2. The second-order valence-corrected chi connectivity index (χ2v) is 14.8. The van der Waals surface area contributed by atoms with Crippen molar-refractivity contribution in [3.8, 4) is 0 Å². The van der Waals surface area contributed by atoms with Crippen LogP contribution in [0.15, 0.2) is 71.6 Å². The fourth-order valence-corrected chi connectivity index (χ4v) is 6.91. The molecule has 2 heterocycles. The number of carbonyl (C=O) groups is 2. The molecule has 0 radical (unpaired) electrons. The van der Waals surface area contributed by atoms with Gasteiger partial charge in [-0.2, -0.15) is 4.57 Å². The minimum atomic E-state index is -10.7. The van der Waals surface area contributed by atoms with Crippen LogP contribution in [0.1, 0.15) is 30.7 Å². The zero-order valence-corrected chi connectivity index (χ0v) is 28.3. The molecule has 252 valence electrons. The second-order valence-electron chi connectivity index (χ2n) is 9.92. The van der Waals surface area contributed by atoms with Gasteiger partial charge in [0.05, 0.1) is 16.8 Å². The summed E-state index contributed by atoms with van der Waals surface area (Å²) in [6, 6.07) is 12.0. The van der Waals surface area contributed by atoms with E-state index in [9.17, 15) is 34.8 Å². The topological polar surface area (TPSA) is 65.3 Å². The molecule has 0 unspecified atom stereocenters. The molecule has 0 spiro atoms. The number of halogens is 8. The number of nitrogens with one attached hydrogen (secondary N) is 2. The molecule has 17 heteroatoms. The first-order valence-corrected chi connectivity index (χ1v) is 18.2. The Morgan fingerprint density at radius 2 is 1.43 bits per heavy atom. The van der Waals surface area contributed by atoms with Crippen LogP contribution < -0.4 is 20.1 Å². The number of fused-ring (bicyclic) bond motifs is 2. The SMILES string of the molecule is C=CC(=O)NCCCCN1C(=Cc2sc3ccc(Cl)cc3[n+]2CCCCNC(=O)C=C)Sc2ccc(Cl)cc21.F[P-](F)(F)(F)(F)F. The van der Waals surface area contributed by atoms with Crippen LogP contribution in [-0.2, 0) is 16.1 Å². The first-order chi connectivity index (χ1) is 21.3. The van der Waals surface area contributed by atoms with Crippen molar-refractivity contribution in [3.63, 3.8) is 0 Å². The Morgan fingerprint density at radius 3 is 2.04 bits per heavy atom. The van der Waals surface area contributed by atoms with E-state index in [1.807, 2.05) is 24.3 Å². The first kappa shape index (κ1) is 37.7. The summed E-state index contributed by atoms with van der Waals surface area (Å²) >= 11 is 16.2. The molecule has 1 aliphatic heterocycles. The van der Waals surface area contributed by atoms with Crippen LogP contribution in [0.25, 0.3) is 16.3 Å². The van der Waals surface area contributed by atoms with E-state index < -0.39 is 7.81 Å². The van der Waals surface area contributed by atoms with Gasteiger partial charge in [0.1, 0.15) is 4.70 Å². The number of hydrogen-bond donors (Lipinski definition) is 2. The molecule has 0 bridgehead atoms. The summed E-state index contributed by atoms with van der Waals surface area (Å²) in [4.78, 5) is 26.4. The van der Waals surface area contributed by atoms with Crippen LogP contribution in [0.4, 0.5) is 30.9 Å². The van der Waals surface area contributed by atoms with Gasteiger partial charge >= 0.3 is 33.0 Å². The monoisotopic (exact) mass is 746 g/mol. The van der Waals surface area contributed by atoms with Crippen LogP contribution in [0.3, 0.4) is 0 Å². The summed E-state index contributed by atoms with van der Waals surface area (Å²) in [6.45, 7) is 9.82. The fraction of sp³-hybridized carbons (Fsp3) is 0.276. The van der Waals surface area contributed by atoms with Crippen molar-refractivity contribution in [2.75, 3.05) is 24.5 Å². The third-order valence-corrected chi connectivity index (χ3v) is 8.91. The van der Waals surface area contributed by atoms with Crippen molar-refractivity contribution in [1.29, 1.82) is 0 Å². The van der Waals surface area contributed by atoms with Crippen LogP contribution in [0.2, 0.25) is 10.0 Å². The Bertz CT molecular complexity index is 1640. The molecule has 2 N–H and O–H groups in total. The number of thiazole rings is 1. The number of benzene rings is 2. The molecule has 1 aliphatic rings. The third-order valence-electron chi connectivity index (χ3n) is 6.22. The van der Waals surface area contributed by atoms with Gasteiger partial charge in [0.2, 0.25) is 17.3 Å². The number of rotatable bonds is 13. The number of carbonyl (C=O) groups excluding carboxylic acids is 2. The molecular formula is C29H31Cl2F6N4O2PS2. The molecule has 2 amide bonds. The van der Waals surface area contributed by atoms with Gasteiger partial charge in [-0.3, -0.25) is 9.59 Å². The van der Waals surface area contributed by atoms with Gasteiger partial charge < -0.3 is 15.5 Å². The maximum absolute atomic E-state index is 11.5. The molecule has 2 aromatic carbocycles. The molecule has 6 nitrogen and oxygen atoms in total. The summed E-state index contributed by atoms with van der Waals surface area (Å²) in [7, 11) is -10.7. The van der Waals surface area contributed by atoms with Crippen molar-refractivity contribution in [1.82, 2.24) is 10.6 Å². The Labute approximate surface area is 280 Å². The van der Waals surface area contributed by atoms with E-state index in [1.54, 1.807) is 23.1 Å². The fourth-order valence-electron chi connectivity index (χ4n) is 4.29. The van der Waals surface area contributed by atoms with Gasteiger partial charge in [-0.05, 0) is 61.7 Å². The van der Waals surface area contributed by atoms with E-state index in [0.717, 1.165) is 60.0 Å². The van der Waals surface area contributed by atoms with E-state index in [1.165, 1.54) is 21.7 Å². The molecule has 3 aromatic rings. The van der Waals surface area contributed by atoms with Crippen LogP contribution in [0.5, 0.6) is 0 Å². The van der Waals surface area contributed by atoms with E-state index in [4.69, 9.17) is 23.2 Å². The number of amides is 2. The number of thioether (sulfide) groups is 1. The molecule has 0 saturated carbocycles. The Balaban J connectivity index is 0.000000738. The van der Waals surface area contributed by atoms with Crippen LogP contribution in [-0.4, -0.2) is 31.4 Å². The summed E-state index contributed by atoms with van der Waals surface area (Å²) < 4.78 is 62.7. The molecule has 46 heavy (non-hydrogen) atoms. The standard InChI is InChI=1S/C29H30Cl2N4O2S2.F6P/c1-3-26(36)32-13-5-7-15-34-22-17-20(30)9-11-24(22)38-28(34)19-29-35(16-8-6-14-33-27(37)4-2)23-18-21(31)10-12-25(23)39-29;1-7(2,3,4,5)6/h3-4,9-12,17-19H,1-2,5-8,13-16H2,(H-,32,33,36,37);/q;-1/p+1. The molecule has 0 saturated heterocycles. The molecule has 0 atom stereocenters. The van der Waals surface area contributed by atoms with Crippen LogP contribution >= 0.6 is 54.1 Å². The number of aryl methyl sites for hydroxylation is 1. The number of anilines is 1. The van der Waals surface area contributed by atoms with E-state index in [2.05, 4.69) is 51.5 Å².